The minimum Gasteiger partial charge on any atom is -0.338 e. The Morgan fingerprint density at radius 2 is 2.00 bits per heavy atom. The Bertz CT molecular complexity index is 534. The minimum absolute atomic E-state index is 0.348. The molecule has 0 N–H and O–H groups in total. The van der Waals surface area contributed by atoms with Gasteiger partial charge in [0.25, 0.3) is 0 Å². The lowest BCUT2D eigenvalue weighted by molar-refractivity contribution is -0.133. The summed E-state index contributed by atoms with van der Waals surface area (Å²) < 4.78 is 0. The first-order valence-electron chi connectivity index (χ1n) is 9.63. The third-order valence-electron chi connectivity index (χ3n) is 5.49. The summed E-state index contributed by atoms with van der Waals surface area (Å²) in [4.78, 5) is 19.3. The van der Waals surface area contributed by atoms with Crippen molar-refractivity contribution in [3.63, 3.8) is 0 Å². The molecule has 0 aromatic carbocycles. The molecule has 1 atom stereocenters. The normalized spacial score (nSPS) is 21.6. The summed E-state index contributed by atoms with van der Waals surface area (Å²) in [7, 11) is 0. The Balaban J connectivity index is 1.63. The fourth-order valence-electron chi connectivity index (χ4n) is 4.07. The van der Waals surface area contributed by atoms with Crippen molar-refractivity contribution in [3.8, 4) is 0 Å². The fraction of sp³-hybridized carbons (Fsp3) is 0.619. The van der Waals surface area contributed by atoms with Gasteiger partial charge in [0.2, 0.25) is 5.91 Å². The van der Waals surface area contributed by atoms with Crippen LogP contribution in [0.4, 0.5) is 0 Å². The average molecular weight is 326 g/mol. The molecule has 0 bridgehead atoms. The second-order valence-electron chi connectivity index (χ2n) is 7.49. The molecule has 1 aromatic rings. The van der Waals surface area contributed by atoms with Crippen LogP contribution in [0.25, 0.3) is 0 Å². The number of hydrogen-bond donors (Lipinski definition) is 0. The number of aromatic nitrogens is 1. The smallest absolute Gasteiger partial charge is 0.223 e. The molecule has 1 heterocycles. The molecule has 0 saturated heterocycles. The van der Waals surface area contributed by atoms with Crippen molar-refractivity contribution in [3.05, 3.63) is 42.2 Å². The molecule has 2 aliphatic carbocycles. The number of pyridine rings is 1. The molecular formula is C21H30N2O. The van der Waals surface area contributed by atoms with E-state index in [0.717, 1.165) is 31.4 Å². The number of allylic oxidation sites excluding steroid dienone is 2. The summed E-state index contributed by atoms with van der Waals surface area (Å²) in [5.74, 6) is 1.57. The van der Waals surface area contributed by atoms with Crippen molar-refractivity contribution in [1.82, 2.24) is 9.88 Å². The zero-order valence-corrected chi connectivity index (χ0v) is 14.7. The van der Waals surface area contributed by atoms with Crippen LogP contribution in [0.2, 0.25) is 0 Å². The van der Waals surface area contributed by atoms with Crippen LogP contribution >= 0.6 is 0 Å². The number of amides is 1. The number of nitrogens with zero attached hydrogens (tertiary/aromatic N) is 2. The van der Waals surface area contributed by atoms with Gasteiger partial charge >= 0.3 is 0 Å². The van der Waals surface area contributed by atoms with Gasteiger partial charge in [-0.25, -0.2) is 0 Å². The highest BCUT2D eigenvalue weighted by Gasteiger charge is 2.23. The van der Waals surface area contributed by atoms with Crippen LogP contribution < -0.4 is 0 Å². The van der Waals surface area contributed by atoms with E-state index in [1.165, 1.54) is 38.5 Å². The molecule has 1 fully saturated rings. The van der Waals surface area contributed by atoms with Gasteiger partial charge in [0, 0.05) is 31.9 Å². The second-order valence-corrected chi connectivity index (χ2v) is 7.49. The fourth-order valence-corrected chi connectivity index (χ4v) is 4.07. The van der Waals surface area contributed by atoms with E-state index >= 15 is 0 Å². The average Bonchev–Trinajstić information content (AvgIpc) is 2.64. The molecule has 2 aliphatic rings. The molecule has 0 radical (unpaired) electrons. The molecule has 3 nitrogen and oxygen atoms in total. The molecule has 1 aromatic heterocycles. The molecule has 0 unspecified atom stereocenters. The molecule has 1 saturated carbocycles. The number of carbonyl (C=O) groups excluding carboxylic acids is 1. The highest BCUT2D eigenvalue weighted by atomic mass is 16.2. The van der Waals surface area contributed by atoms with Gasteiger partial charge in [0.05, 0.1) is 0 Å². The monoisotopic (exact) mass is 326 g/mol. The highest BCUT2D eigenvalue weighted by molar-refractivity contribution is 5.76. The van der Waals surface area contributed by atoms with Crippen LogP contribution in [-0.4, -0.2) is 22.3 Å². The van der Waals surface area contributed by atoms with Gasteiger partial charge < -0.3 is 4.90 Å². The van der Waals surface area contributed by atoms with Gasteiger partial charge in [-0.1, -0.05) is 37.5 Å². The number of hydrogen-bond acceptors (Lipinski definition) is 2. The van der Waals surface area contributed by atoms with Gasteiger partial charge in [0.1, 0.15) is 0 Å². The Morgan fingerprint density at radius 3 is 2.71 bits per heavy atom. The highest BCUT2D eigenvalue weighted by Crippen LogP contribution is 2.28. The van der Waals surface area contributed by atoms with Crippen LogP contribution in [-0.2, 0) is 11.3 Å². The first-order valence-corrected chi connectivity index (χ1v) is 9.63. The molecule has 0 spiro atoms. The van der Waals surface area contributed by atoms with E-state index in [4.69, 9.17) is 0 Å². The summed E-state index contributed by atoms with van der Waals surface area (Å²) in [6.07, 6.45) is 18.9. The lowest BCUT2D eigenvalue weighted by atomic mass is 9.86. The van der Waals surface area contributed by atoms with Crippen LogP contribution in [0, 0.1) is 11.8 Å². The molecule has 1 amide bonds. The van der Waals surface area contributed by atoms with Crippen LogP contribution in [0.15, 0.2) is 36.7 Å². The predicted octanol–water partition coefficient (Wildman–Crippen LogP) is 4.74. The van der Waals surface area contributed by atoms with E-state index < -0.39 is 0 Å². The third-order valence-corrected chi connectivity index (χ3v) is 5.49. The van der Waals surface area contributed by atoms with Crippen molar-refractivity contribution in [1.29, 1.82) is 0 Å². The summed E-state index contributed by atoms with van der Waals surface area (Å²) in [5, 5.41) is 0. The van der Waals surface area contributed by atoms with Gasteiger partial charge in [-0.2, -0.15) is 0 Å². The minimum atomic E-state index is 0.348. The third kappa shape index (κ3) is 5.19. The van der Waals surface area contributed by atoms with E-state index in [0.29, 0.717) is 24.3 Å². The summed E-state index contributed by atoms with van der Waals surface area (Å²) in [5.41, 5.74) is 1.14. The lowest BCUT2D eigenvalue weighted by Crippen LogP contribution is -2.36. The van der Waals surface area contributed by atoms with Gasteiger partial charge in [-0.15, -0.1) is 0 Å². The number of carbonyl (C=O) groups is 1. The molecule has 0 aliphatic heterocycles. The maximum Gasteiger partial charge on any atom is 0.223 e. The van der Waals surface area contributed by atoms with Crippen molar-refractivity contribution in [2.75, 3.05) is 6.54 Å². The Labute approximate surface area is 146 Å². The van der Waals surface area contributed by atoms with Gasteiger partial charge in [-0.05, 0) is 55.6 Å². The second kappa shape index (κ2) is 9.00. The van der Waals surface area contributed by atoms with E-state index in [2.05, 4.69) is 28.1 Å². The Morgan fingerprint density at radius 1 is 1.12 bits per heavy atom. The van der Waals surface area contributed by atoms with Crippen molar-refractivity contribution in [2.45, 2.75) is 64.3 Å². The Kier molecular flexibility index (Phi) is 6.45. The van der Waals surface area contributed by atoms with Gasteiger partial charge in [0.15, 0.2) is 0 Å². The van der Waals surface area contributed by atoms with Crippen molar-refractivity contribution < 1.29 is 4.79 Å². The van der Waals surface area contributed by atoms with E-state index in [1.807, 2.05) is 12.3 Å². The largest absolute Gasteiger partial charge is 0.338 e. The maximum atomic E-state index is 13.0. The van der Waals surface area contributed by atoms with Crippen LogP contribution in [0.1, 0.15) is 63.4 Å². The van der Waals surface area contributed by atoms with Crippen molar-refractivity contribution >= 4 is 5.91 Å². The SMILES string of the molecule is O=C(CC1CCCCC1)N(Cc1cccnc1)C[C@@H]1CC=CCC1. The number of rotatable bonds is 6. The van der Waals surface area contributed by atoms with Crippen LogP contribution in [0.5, 0.6) is 0 Å². The predicted molar refractivity (Wildman–Crippen MR) is 97.3 cm³/mol. The summed E-state index contributed by atoms with van der Waals surface area (Å²) >= 11 is 0. The first-order chi connectivity index (χ1) is 11.8. The quantitative estimate of drug-likeness (QED) is 0.708. The molecule has 3 heteroatoms. The molecule has 24 heavy (non-hydrogen) atoms. The summed E-state index contributed by atoms with van der Waals surface area (Å²) in [6.45, 7) is 1.60. The van der Waals surface area contributed by atoms with Crippen molar-refractivity contribution in [2.24, 2.45) is 11.8 Å². The molecule has 3 rings (SSSR count). The Hall–Kier alpha value is -1.64. The molecule has 130 valence electrons. The topological polar surface area (TPSA) is 33.2 Å². The van der Waals surface area contributed by atoms with Gasteiger partial charge in [-0.3, -0.25) is 9.78 Å². The first kappa shape index (κ1) is 17.2. The van der Waals surface area contributed by atoms with E-state index in [9.17, 15) is 4.79 Å². The zero-order valence-electron chi connectivity index (χ0n) is 14.7. The lowest BCUT2D eigenvalue weighted by Gasteiger charge is -2.30. The van der Waals surface area contributed by atoms with Crippen LogP contribution in [0.3, 0.4) is 0 Å². The van der Waals surface area contributed by atoms with E-state index in [1.54, 1.807) is 6.20 Å². The maximum absolute atomic E-state index is 13.0. The standard InChI is InChI=1S/C21H30N2O/c24-21(14-18-8-3-1-4-9-18)23(16-19-10-5-2-6-11-19)17-20-12-7-13-22-15-20/h2,5,7,12-13,15,18-19H,1,3-4,6,8-11,14,16-17H2/t19-/m1/s1. The molecular weight excluding hydrogens is 296 g/mol. The summed E-state index contributed by atoms with van der Waals surface area (Å²) in [6, 6.07) is 4.04. The zero-order chi connectivity index (χ0) is 16.6. The van der Waals surface area contributed by atoms with E-state index in [-0.39, 0.29) is 0 Å².